The van der Waals surface area contributed by atoms with E-state index in [0.717, 1.165) is 29.4 Å². The molecule has 0 unspecified atom stereocenters. The predicted octanol–water partition coefficient (Wildman–Crippen LogP) is 3.79. The van der Waals surface area contributed by atoms with Gasteiger partial charge in [0.2, 0.25) is 0 Å². The molecule has 2 aromatic rings. The van der Waals surface area contributed by atoms with Gasteiger partial charge in [-0.05, 0) is 44.1 Å². The number of nitrogens with two attached hydrogens (primary N) is 1. The highest BCUT2D eigenvalue weighted by Gasteiger charge is 2.03. The van der Waals surface area contributed by atoms with E-state index in [1.165, 1.54) is 6.21 Å². The van der Waals surface area contributed by atoms with E-state index in [-0.39, 0.29) is 0 Å². The Kier molecular flexibility index (Phi) is 5.10. The minimum atomic E-state index is 0.634. The molecule has 0 aliphatic heterocycles. The number of nitrogens with one attached hydrogen (secondary N) is 2. The molecule has 108 valence electrons. The van der Waals surface area contributed by atoms with Crippen LogP contribution in [0.25, 0.3) is 16.7 Å². The molecule has 4 nitrogen and oxygen atoms in total. The first-order valence-corrected chi connectivity index (χ1v) is 6.95. The first-order valence-electron chi connectivity index (χ1n) is 6.95. The number of aromatic nitrogens is 2. The molecular formula is C17H20N4. The van der Waals surface area contributed by atoms with Crippen molar-refractivity contribution < 1.29 is 0 Å². The van der Waals surface area contributed by atoms with Gasteiger partial charge in [-0.2, -0.15) is 0 Å². The third kappa shape index (κ3) is 4.18. The lowest BCUT2D eigenvalue weighted by Gasteiger charge is -1.97. The number of unbranched alkanes of at least 4 members (excludes halogenated alkanes) is 1. The smallest absolute Gasteiger partial charge is 0.154 e. The van der Waals surface area contributed by atoms with Gasteiger partial charge in [0.05, 0.1) is 16.7 Å². The molecule has 1 heterocycles. The lowest BCUT2D eigenvalue weighted by atomic mass is 10.2. The summed E-state index contributed by atoms with van der Waals surface area (Å²) in [5, 5.41) is 6.89. The summed E-state index contributed by atoms with van der Waals surface area (Å²) < 4.78 is 0. The van der Waals surface area contributed by atoms with Gasteiger partial charge in [-0.15, -0.1) is 0 Å². The maximum absolute atomic E-state index is 6.89. The molecule has 0 aliphatic rings. The van der Waals surface area contributed by atoms with Crippen LogP contribution in [0.3, 0.4) is 0 Å². The van der Waals surface area contributed by atoms with E-state index in [1.54, 1.807) is 6.08 Å². The van der Waals surface area contributed by atoms with E-state index in [1.807, 2.05) is 43.3 Å². The van der Waals surface area contributed by atoms with Crippen LogP contribution in [-0.4, -0.2) is 16.2 Å². The maximum atomic E-state index is 6.89. The van der Waals surface area contributed by atoms with Crippen molar-refractivity contribution in [3.8, 4) is 0 Å². The number of nitrogens with zero attached hydrogens (tertiary/aromatic N) is 1. The molecule has 0 fully saturated rings. The number of hydrogen-bond acceptors (Lipinski definition) is 3. The van der Waals surface area contributed by atoms with Gasteiger partial charge in [0.1, 0.15) is 0 Å². The lowest BCUT2D eigenvalue weighted by Crippen LogP contribution is -1.98. The van der Waals surface area contributed by atoms with E-state index in [0.29, 0.717) is 11.5 Å². The zero-order valence-corrected chi connectivity index (χ0v) is 12.1. The summed E-state index contributed by atoms with van der Waals surface area (Å²) in [6.45, 7) is 2.02. The fraction of sp³-hybridized carbons (Fsp3) is 0.176. The number of rotatable bonds is 6. The van der Waals surface area contributed by atoms with Crippen LogP contribution in [0.2, 0.25) is 0 Å². The highest BCUT2D eigenvalue weighted by atomic mass is 14.9. The second kappa shape index (κ2) is 7.24. The predicted molar refractivity (Wildman–Crippen MR) is 89.2 cm³/mol. The highest BCUT2D eigenvalue weighted by Crippen LogP contribution is 2.15. The zero-order chi connectivity index (χ0) is 15.1. The third-order valence-electron chi connectivity index (χ3n) is 3.08. The Bertz CT molecular complexity index is 671. The molecule has 1 aromatic heterocycles. The van der Waals surface area contributed by atoms with Crippen molar-refractivity contribution in [2.75, 3.05) is 0 Å². The standard InChI is InChI=1S/C17H20N4/c1-13(8-4-2-3-7-11-18)12-14(19)17-20-15-9-5-6-10-16(15)21-17/h3,5-12,18H,2,4,19H2,1H3,(H,20,21)/b7-3-,13-8-,14-12-,18-11?. The molecule has 0 spiro atoms. The number of para-hydroxylation sites is 2. The fourth-order valence-corrected chi connectivity index (χ4v) is 2.03. The molecule has 4 N–H and O–H groups in total. The molecule has 0 aliphatic carbocycles. The molecule has 4 heteroatoms. The van der Waals surface area contributed by atoms with Gasteiger partial charge >= 0.3 is 0 Å². The van der Waals surface area contributed by atoms with Crippen molar-refractivity contribution in [3.63, 3.8) is 0 Å². The van der Waals surface area contributed by atoms with E-state index in [2.05, 4.69) is 16.0 Å². The zero-order valence-electron chi connectivity index (χ0n) is 12.1. The van der Waals surface area contributed by atoms with Gasteiger partial charge < -0.3 is 16.1 Å². The van der Waals surface area contributed by atoms with E-state index in [4.69, 9.17) is 11.1 Å². The van der Waals surface area contributed by atoms with Crippen LogP contribution in [0.15, 0.2) is 54.1 Å². The van der Waals surface area contributed by atoms with E-state index >= 15 is 0 Å². The van der Waals surface area contributed by atoms with Crippen LogP contribution < -0.4 is 5.73 Å². The molecule has 0 atom stereocenters. The van der Waals surface area contributed by atoms with Crippen molar-refractivity contribution in [2.24, 2.45) is 5.73 Å². The van der Waals surface area contributed by atoms with Gasteiger partial charge in [0.25, 0.3) is 0 Å². The summed E-state index contributed by atoms with van der Waals surface area (Å²) in [6.07, 6.45) is 10.9. The van der Waals surface area contributed by atoms with Gasteiger partial charge in [-0.25, -0.2) is 4.98 Å². The van der Waals surface area contributed by atoms with Gasteiger partial charge in [0, 0.05) is 6.21 Å². The molecule has 1 aromatic carbocycles. The van der Waals surface area contributed by atoms with Crippen molar-refractivity contribution in [1.82, 2.24) is 9.97 Å². The highest BCUT2D eigenvalue weighted by molar-refractivity contribution is 5.78. The van der Waals surface area contributed by atoms with Crippen molar-refractivity contribution in [1.29, 1.82) is 5.41 Å². The molecule has 0 amide bonds. The number of aromatic amines is 1. The van der Waals surface area contributed by atoms with E-state index in [9.17, 15) is 0 Å². The van der Waals surface area contributed by atoms with Gasteiger partial charge in [-0.1, -0.05) is 29.9 Å². The Labute approximate surface area is 124 Å². The Morgan fingerprint density at radius 2 is 2.14 bits per heavy atom. The van der Waals surface area contributed by atoms with Crippen LogP contribution in [0.1, 0.15) is 25.6 Å². The number of H-pyrrole nitrogens is 1. The monoisotopic (exact) mass is 280 g/mol. The molecular weight excluding hydrogens is 260 g/mol. The van der Waals surface area contributed by atoms with E-state index < -0.39 is 0 Å². The number of benzene rings is 1. The van der Waals surface area contributed by atoms with Crippen molar-refractivity contribution in [3.05, 3.63) is 60.0 Å². The molecule has 21 heavy (non-hydrogen) atoms. The Balaban J connectivity index is 2.07. The summed E-state index contributed by atoms with van der Waals surface area (Å²) in [6, 6.07) is 7.87. The van der Waals surface area contributed by atoms with Crippen LogP contribution in [0, 0.1) is 5.41 Å². The number of allylic oxidation sites excluding steroid dienone is 5. The normalized spacial score (nSPS) is 13.2. The SMILES string of the molecule is CC(=C/CC/C=C\C=N)/C=C(\N)c1nc2ccccc2[nH]1. The van der Waals surface area contributed by atoms with Gasteiger partial charge in [0.15, 0.2) is 5.82 Å². The Morgan fingerprint density at radius 3 is 2.90 bits per heavy atom. The summed E-state index contributed by atoms with van der Waals surface area (Å²) >= 11 is 0. The number of hydrogen-bond donors (Lipinski definition) is 3. The topological polar surface area (TPSA) is 78.6 Å². The first-order chi connectivity index (χ1) is 10.2. The largest absolute Gasteiger partial charge is 0.396 e. The van der Waals surface area contributed by atoms with Crippen LogP contribution >= 0.6 is 0 Å². The van der Waals surface area contributed by atoms with Gasteiger partial charge in [-0.3, -0.25) is 0 Å². The van der Waals surface area contributed by atoms with Crippen LogP contribution in [0.5, 0.6) is 0 Å². The van der Waals surface area contributed by atoms with Crippen LogP contribution in [0.4, 0.5) is 0 Å². The Morgan fingerprint density at radius 1 is 1.33 bits per heavy atom. The Hall–Kier alpha value is -2.62. The second-order valence-corrected chi connectivity index (χ2v) is 4.82. The quantitative estimate of drug-likeness (QED) is 0.427. The molecule has 2 rings (SSSR count). The first kappa shape index (κ1) is 14.8. The van der Waals surface area contributed by atoms with Crippen molar-refractivity contribution in [2.45, 2.75) is 19.8 Å². The summed E-state index contributed by atoms with van der Waals surface area (Å²) in [4.78, 5) is 7.69. The second-order valence-electron chi connectivity index (χ2n) is 4.82. The third-order valence-corrected chi connectivity index (χ3v) is 3.08. The van der Waals surface area contributed by atoms with Crippen molar-refractivity contribution >= 4 is 22.9 Å². The maximum Gasteiger partial charge on any atom is 0.154 e. The van der Waals surface area contributed by atoms with Crippen LogP contribution in [-0.2, 0) is 0 Å². The summed E-state index contributed by atoms with van der Waals surface area (Å²) in [7, 11) is 0. The average Bonchev–Trinajstić information content (AvgIpc) is 2.91. The lowest BCUT2D eigenvalue weighted by molar-refractivity contribution is 1.04. The minimum absolute atomic E-state index is 0.634. The summed E-state index contributed by atoms with van der Waals surface area (Å²) in [5.41, 5.74) is 9.74. The molecule has 0 bridgehead atoms. The number of fused-ring (bicyclic) bond motifs is 1. The number of imidazole rings is 1. The minimum Gasteiger partial charge on any atom is -0.396 e. The summed E-state index contributed by atoms with van der Waals surface area (Å²) in [5.74, 6) is 0.702. The molecule has 0 saturated carbocycles. The molecule has 0 radical (unpaired) electrons. The fourth-order valence-electron chi connectivity index (χ4n) is 2.03. The molecule has 0 saturated heterocycles. The average molecular weight is 280 g/mol.